The summed E-state index contributed by atoms with van der Waals surface area (Å²) in [5.41, 5.74) is 3.06. The van der Waals surface area contributed by atoms with E-state index >= 15 is 0 Å². The van der Waals surface area contributed by atoms with Gasteiger partial charge in [0, 0.05) is 11.2 Å². The van der Waals surface area contributed by atoms with Crippen molar-refractivity contribution in [2.24, 2.45) is 17.8 Å². The molecule has 0 spiro atoms. The van der Waals surface area contributed by atoms with Crippen LogP contribution in [0.25, 0.3) is 0 Å². The molecule has 5 heteroatoms. The Balaban J connectivity index is 1.28. The fraction of sp³-hybridized carbons (Fsp3) is 0.652. The van der Waals surface area contributed by atoms with Gasteiger partial charge in [-0.1, -0.05) is 18.2 Å². The molecular formula is C23H34N3O2+. The van der Waals surface area contributed by atoms with Crippen LogP contribution in [0, 0.1) is 31.6 Å². The molecule has 4 bridgehead atoms. The van der Waals surface area contributed by atoms with E-state index in [1.807, 2.05) is 39.1 Å². The van der Waals surface area contributed by atoms with Gasteiger partial charge in [0.15, 0.2) is 13.1 Å². The van der Waals surface area contributed by atoms with Crippen LogP contribution in [0.1, 0.15) is 49.7 Å². The highest BCUT2D eigenvalue weighted by molar-refractivity contribution is 5.93. The van der Waals surface area contributed by atoms with E-state index in [4.69, 9.17) is 0 Å². The Morgan fingerprint density at radius 1 is 0.964 bits per heavy atom. The number of quaternary nitrogens is 1. The molecule has 4 aliphatic rings. The van der Waals surface area contributed by atoms with Crippen molar-refractivity contribution >= 4 is 17.5 Å². The highest BCUT2D eigenvalue weighted by Gasteiger charge is 2.51. The average Bonchev–Trinajstić information content (AvgIpc) is 2.56. The number of nitrogens with one attached hydrogen (secondary N) is 3. The Morgan fingerprint density at radius 2 is 1.46 bits per heavy atom. The van der Waals surface area contributed by atoms with Gasteiger partial charge in [-0.15, -0.1) is 0 Å². The number of anilines is 1. The molecule has 4 fully saturated rings. The molecule has 0 radical (unpaired) electrons. The Labute approximate surface area is 168 Å². The molecule has 0 aliphatic heterocycles. The molecule has 0 heterocycles. The van der Waals surface area contributed by atoms with Gasteiger partial charge < -0.3 is 15.5 Å². The molecule has 1 aromatic rings. The Hall–Kier alpha value is -1.88. The van der Waals surface area contributed by atoms with Gasteiger partial charge in [0.25, 0.3) is 11.8 Å². The van der Waals surface area contributed by atoms with Crippen LogP contribution in [-0.4, -0.2) is 37.5 Å². The zero-order chi connectivity index (χ0) is 19.9. The second-order valence-electron chi connectivity index (χ2n) is 9.87. The van der Waals surface area contributed by atoms with Gasteiger partial charge >= 0.3 is 0 Å². The maximum Gasteiger partial charge on any atom is 0.279 e. The number of hydrogen-bond acceptors (Lipinski definition) is 2. The molecule has 1 unspecified atom stereocenters. The quantitative estimate of drug-likeness (QED) is 0.701. The summed E-state index contributed by atoms with van der Waals surface area (Å²) in [4.78, 5) is 26.1. The predicted octanol–water partition coefficient (Wildman–Crippen LogP) is 1.84. The normalized spacial score (nSPS) is 31.5. The molecular weight excluding hydrogens is 350 g/mol. The number of amides is 2. The van der Waals surface area contributed by atoms with Crippen LogP contribution in [0.3, 0.4) is 0 Å². The van der Waals surface area contributed by atoms with Crippen molar-refractivity contribution in [3.63, 3.8) is 0 Å². The van der Waals surface area contributed by atoms with Crippen LogP contribution in [-0.2, 0) is 9.59 Å². The average molecular weight is 385 g/mol. The molecule has 4 aliphatic carbocycles. The molecule has 28 heavy (non-hydrogen) atoms. The smallest absolute Gasteiger partial charge is 0.279 e. The van der Waals surface area contributed by atoms with Crippen LogP contribution in [0.15, 0.2) is 18.2 Å². The van der Waals surface area contributed by atoms with Gasteiger partial charge in [0.05, 0.1) is 7.05 Å². The molecule has 0 aromatic heterocycles. The number of hydrogen-bond donors (Lipinski definition) is 3. The van der Waals surface area contributed by atoms with Gasteiger partial charge in [-0.2, -0.15) is 0 Å². The molecule has 0 saturated heterocycles. The molecule has 5 nitrogen and oxygen atoms in total. The van der Waals surface area contributed by atoms with E-state index < -0.39 is 0 Å². The lowest BCUT2D eigenvalue weighted by Crippen LogP contribution is -3.11. The van der Waals surface area contributed by atoms with Crippen molar-refractivity contribution in [3.05, 3.63) is 29.3 Å². The van der Waals surface area contributed by atoms with Gasteiger partial charge in [0.1, 0.15) is 0 Å². The third kappa shape index (κ3) is 4.09. The first kappa shape index (κ1) is 19.4. The van der Waals surface area contributed by atoms with Gasteiger partial charge in [-0.3, -0.25) is 9.59 Å². The minimum absolute atomic E-state index is 0.0440. The topological polar surface area (TPSA) is 62.6 Å². The number of rotatable bonds is 6. The van der Waals surface area contributed by atoms with E-state index in [1.165, 1.54) is 19.3 Å². The number of likely N-dealkylation sites (N-methyl/N-ethyl adjacent to an activating group) is 1. The zero-order valence-electron chi connectivity index (χ0n) is 17.4. The van der Waals surface area contributed by atoms with E-state index in [2.05, 4.69) is 10.6 Å². The van der Waals surface area contributed by atoms with Gasteiger partial charge in [0.2, 0.25) is 0 Å². The van der Waals surface area contributed by atoms with Crippen molar-refractivity contribution in [2.75, 3.05) is 25.5 Å². The van der Waals surface area contributed by atoms with E-state index in [0.717, 1.165) is 58.7 Å². The second-order valence-corrected chi connectivity index (χ2v) is 9.87. The van der Waals surface area contributed by atoms with E-state index in [-0.39, 0.29) is 17.4 Å². The van der Waals surface area contributed by atoms with E-state index in [0.29, 0.717) is 13.1 Å². The maximum atomic E-state index is 12.7. The molecule has 152 valence electrons. The first-order valence-corrected chi connectivity index (χ1v) is 10.8. The fourth-order valence-corrected chi connectivity index (χ4v) is 6.41. The monoisotopic (exact) mass is 384 g/mol. The van der Waals surface area contributed by atoms with Crippen LogP contribution in [0.5, 0.6) is 0 Å². The Morgan fingerprint density at radius 3 is 2.00 bits per heavy atom. The van der Waals surface area contributed by atoms with Gasteiger partial charge in [-0.05, 0) is 81.3 Å². The first-order chi connectivity index (χ1) is 13.3. The SMILES string of the molecule is Cc1cccc(C)c1NC(=O)C[NH+](C)CC(=O)NC12CC3CC(CC(C3)C1)C2. The lowest BCUT2D eigenvalue weighted by molar-refractivity contribution is -0.862. The highest BCUT2D eigenvalue weighted by atomic mass is 16.2. The maximum absolute atomic E-state index is 12.7. The van der Waals surface area contributed by atoms with Crippen molar-refractivity contribution < 1.29 is 14.5 Å². The van der Waals surface area contributed by atoms with Gasteiger partial charge in [-0.25, -0.2) is 0 Å². The van der Waals surface area contributed by atoms with E-state index in [9.17, 15) is 9.59 Å². The number of benzene rings is 1. The Bertz CT molecular complexity index is 718. The lowest BCUT2D eigenvalue weighted by Gasteiger charge is -2.56. The number of carbonyl (C=O) groups is 2. The molecule has 1 atom stereocenters. The summed E-state index contributed by atoms with van der Waals surface area (Å²) >= 11 is 0. The highest BCUT2D eigenvalue weighted by Crippen LogP contribution is 2.55. The summed E-state index contributed by atoms with van der Waals surface area (Å²) in [6, 6.07) is 5.99. The minimum atomic E-state index is -0.0440. The standard InChI is InChI=1S/C23H33N3O2/c1-15-5-4-6-16(2)22(15)24-20(27)13-26(3)14-21(28)25-23-10-17-7-18(11-23)9-19(8-17)12-23/h4-6,17-19H,7-14H2,1-3H3,(H,24,27)(H,25,28)/p+1. The van der Waals surface area contributed by atoms with Crippen LogP contribution >= 0.6 is 0 Å². The number of aryl methyl sites for hydroxylation is 2. The summed E-state index contributed by atoms with van der Waals surface area (Å²) in [7, 11) is 1.92. The minimum Gasteiger partial charge on any atom is -0.346 e. The van der Waals surface area contributed by atoms with Crippen LogP contribution in [0.2, 0.25) is 0 Å². The fourth-order valence-electron chi connectivity index (χ4n) is 6.41. The molecule has 3 N–H and O–H groups in total. The van der Waals surface area contributed by atoms with Crippen LogP contribution < -0.4 is 15.5 Å². The summed E-state index contributed by atoms with van der Waals surface area (Å²) in [5.74, 6) is 2.51. The Kier molecular flexibility index (Phi) is 5.21. The van der Waals surface area contributed by atoms with Crippen molar-refractivity contribution in [3.8, 4) is 0 Å². The third-order valence-corrected chi connectivity index (χ3v) is 7.11. The molecule has 5 rings (SSSR count). The lowest BCUT2D eigenvalue weighted by atomic mass is 9.53. The number of para-hydroxylation sites is 1. The molecule has 1 aromatic carbocycles. The van der Waals surface area contributed by atoms with Crippen molar-refractivity contribution in [1.29, 1.82) is 0 Å². The predicted molar refractivity (Wildman–Crippen MR) is 110 cm³/mol. The van der Waals surface area contributed by atoms with E-state index in [1.54, 1.807) is 0 Å². The second kappa shape index (κ2) is 7.51. The molecule has 2 amide bonds. The third-order valence-electron chi connectivity index (χ3n) is 7.11. The number of carbonyl (C=O) groups excluding carboxylic acids is 2. The summed E-state index contributed by atoms with van der Waals surface area (Å²) < 4.78 is 0. The molecule has 4 saturated carbocycles. The van der Waals surface area contributed by atoms with Crippen LogP contribution in [0.4, 0.5) is 5.69 Å². The summed E-state index contributed by atoms with van der Waals surface area (Å²) in [6.07, 6.45) is 7.61. The van der Waals surface area contributed by atoms with Crippen molar-refractivity contribution in [2.45, 2.75) is 57.9 Å². The first-order valence-electron chi connectivity index (χ1n) is 10.8. The largest absolute Gasteiger partial charge is 0.346 e. The summed E-state index contributed by atoms with van der Waals surface area (Å²) in [5, 5.41) is 6.42. The zero-order valence-corrected chi connectivity index (χ0v) is 17.4. The summed E-state index contributed by atoms with van der Waals surface area (Å²) in [6.45, 7) is 4.64. The van der Waals surface area contributed by atoms with Crippen molar-refractivity contribution in [1.82, 2.24) is 5.32 Å².